The zero-order valence-corrected chi connectivity index (χ0v) is 11.3. The van der Waals surface area contributed by atoms with E-state index in [1.807, 2.05) is 12.1 Å². The van der Waals surface area contributed by atoms with Crippen LogP contribution in [0.4, 0.5) is 0 Å². The summed E-state index contributed by atoms with van der Waals surface area (Å²) < 4.78 is 4.85. The number of carbonyl (C=O) groups is 2. The summed E-state index contributed by atoms with van der Waals surface area (Å²) in [6.45, 7) is 2.21. The van der Waals surface area contributed by atoms with Crippen LogP contribution in [0, 0.1) is 0 Å². The van der Waals surface area contributed by atoms with E-state index in [4.69, 9.17) is 16.3 Å². The van der Waals surface area contributed by atoms with Crippen molar-refractivity contribution >= 4 is 34.7 Å². The lowest BCUT2D eigenvalue weighted by molar-refractivity contribution is -0.143. The number of hydrogen-bond donors (Lipinski definition) is 0. The van der Waals surface area contributed by atoms with Crippen molar-refractivity contribution in [3.8, 4) is 0 Å². The Morgan fingerprint density at radius 1 is 1.35 bits per heavy atom. The van der Waals surface area contributed by atoms with Gasteiger partial charge in [0.2, 0.25) is 0 Å². The number of esters is 1. The number of halogens is 1. The number of hydrogen-bond acceptors (Lipinski definition) is 4. The van der Waals surface area contributed by atoms with E-state index in [0.29, 0.717) is 25.9 Å². The standard InChI is InChI=1S/C12H15ClO3S/c1-2-16-12(15)6-5-10-3-4-11(17-10)7-9(14)8-13/h3-4H,2,5-8H2,1H3. The van der Waals surface area contributed by atoms with Crippen molar-refractivity contribution in [3.63, 3.8) is 0 Å². The van der Waals surface area contributed by atoms with Crippen LogP contribution >= 0.6 is 22.9 Å². The van der Waals surface area contributed by atoms with Gasteiger partial charge in [-0.25, -0.2) is 0 Å². The Balaban J connectivity index is 2.40. The number of aryl methyl sites for hydroxylation is 1. The number of alkyl halides is 1. The minimum Gasteiger partial charge on any atom is -0.466 e. The summed E-state index contributed by atoms with van der Waals surface area (Å²) in [5, 5.41) is 0. The van der Waals surface area contributed by atoms with Crippen LogP contribution in [0.1, 0.15) is 23.1 Å². The second kappa shape index (κ2) is 7.45. The lowest BCUT2D eigenvalue weighted by Gasteiger charge is -1.99. The van der Waals surface area contributed by atoms with Crippen LogP contribution in [-0.4, -0.2) is 24.2 Å². The summed E-state index contributed by atoms with van der Waals surface area (Å²) in [5.74, 6) is -0.111. The minimum atomic E-state index is -0.181. The van der Waals surface area contributed by atoms with Crippen LogP contribution in [0.25, 0.3) is 0 Å². The van der Waals surface area contributed by atoms with Gasteiger partial charge in [0.05, 0.1) is 18.9 Å². The Labute approximate surface area is 110 Å². The molecule has 0 saturated heterocycles. The molecule has 0 bridgehead atoms. The van der Waals surface area contributed by atoms with Crippen molar-refractivity contribution in [1.82, 2.24) is 0 Å². The van der Waals surface area contributed by atoms with Crippen molar-refractivity contribution in [2.75, 3.05) is 12.5 Å². The Bertz CT molecular complexity index is 387. The average Bonchev–Trinajstić information content (AvgIpc) is 2.74. The first-order valence-electron chi connectivity index (χ1n) is 5.46. The molecule has 17 heavy (non-hydrogen) atoms. The van der Waals surface area contributed by atoms with Crippen molar-refractivity contribution in [1.29, 1.82) is 0 Å². The molecule has 1 aromatic heterocycles. The first kappa shape index (κ1) is 14.2. The fourth-order valence-corrected chi connectivity index (χ4v) is 2.49. The number of ketones is 1. The third-order valence-corrected chi connectivity index (χ3v) is 3.56. The van der Waals surface area contributed by atoms with Gasteiger partial charge in [0, 0.05) is 16.2 Å². The zero-order valence-electron chi connectivity index (χ0n) is 9.70. The van der Waals surface area contributed by atoms with Crippen LogP contribution < -0.4 is 0 Å². The molecular formula is C12H15ClO3S. The van der Waals surface area contributed by atoms with Gasteiger partial charge in [-0.3, -0.25) is 9.59 Å². The van der Waals surface area contributed by atoms with Gasteiger partial charge in [-0.1, -0.05) is 0 Å². The summed E-state index contributed by atoms with van der Waals surface area (Å²) in [6, 6.07) is 3.86. The molecule has 0 unspecified atom stereocenters. The number of carbonyl (C=O) groups excluding carboxylic acids is 2. The number of thiophene rings is 1. The molecule has 0 fully saturated rings. The third kappa shape index (κ3) is 5.33. The molecule has 0 radical (unpaired) electrons. The topological polar surface area (TPSA) is 43.4 Å². The van der Waals surface area contributed by atoms with E-state index in [1.165, 1.54) is 0 Å². The summed E-state index contributed by atoms with van der Waals surface area (Å²) >= 11 is 6.99. The first-order valence-corrected chi connectivity index (χ1v) is 6.81. The molecule has 0 amide bonds. The highest BCUT2D eigenvalue weighted by molar-refractivity contribution is 7.12. The quantitative estimate of drug-likeness (QED) is 0.567. The van der Waals surface area contributed by atoms with Crippen molar-refractivity contribution < 1.29 is 14.3 Å². The Morgan fingerprint density at radius 3 is 2.71 bits per heavy atom. The van der Waals surface area contributed by atoms with Crippen LogP contribution in [-0.2, 0) is 27.2 Å². The lowest BCUT2D eigenvalue weighted by Crippen LogP contribution is -2.04. The van der Waals surface area contributed by atoms with Gasteiger partial charge in [0.15, 0.2) is 5.78 Å². The molecule has 0 aliphatic heterocycles. The summed E-state index contributed by atoms with van der Waals surface area (Å²) in [6.07, 6.45) is 1.43. The van der Waals surface area contributed by atoms with Crippen LogP contribution in [0.2, 0.25) is 0 Å². The fourth-order valence-electron chi connectivity index (χ4n) is 1.35. The number of rotatable bonds is 7. The molecule has 0 N–H and O–H groups in total. The predicted octanol–water partition coefficient (Wildman–Crippen LogP) is 2.59. The van der Waals surface area contributed by atoms with E-state index in [2.05, 4.69) is 0 Å². The maximum Gasteiger partial charge on any atom is 0.306 e. The molecule has 0 atom stereocenters. The molecule has 0 saturated carbocycles. The van der Waals surface area contributed by atoms with Gasteiger partial charge in [-0.15, -0.1) is 22.9 Å². The smallest absolute Gasteiger partial charge is 0.306 e. The third-order valence-electron chi connectivity index (χ3n) is 2.12. The molecule has 0 spiro atoms. The molecule has 94 valence electrons. The van der Waals surface area contributed by atoms with Gasteiger partial charge < -0.3 is 4.74 Å². The first-order chi connectivity index (χ1) is 8.15. The SMILES string of the molecule is CCOC(=O)CCc1ccc(CC(=O)CCl)s1. The largest absolute Gasteiger partial charge is 0.466 e. The van der Waals surface area contributed by atoms with E-state index in [-0.39, 0.29) is 17.6 Å². The monoisotopic (exact) mass is 274 g/mol. The Hall–Kier alpha value is -0.870. The number of ether oxygens (including phenoxy) is 1. The molecule has 1 rings (SSSR count). The van der Waals surface area contributed by atoms with Gasteiger partial charge >= 0.3 is 5.97 Å². The van der Waals surface area contributed by atoms with E-state index < -0.39 is 0 Å². The fraction of sp³-hybridized carbons (Fsp3) is 0.500. The maximum absolute atomic E-state index is 11.2. The lowest BCUT2D eigenvalue weighted by atomic mass is 10.2. The molecule has 3 nitrogen and oxygen atoms in total. The minimum absolute atomic E-state index is 0.0189. The van der Waals surface area contributed by atoms with Gasteiger partial charge in [0.1, 0.15) is 0 Å². The van der Waals surface area contributed by atoms with E-state index in [9.17, 15) is 9.59 Å². The van der Waals surface area contributed by atoms with Crippen LogP contribution in [0.5, 0.6) is 0 Å². The average molecular weight is 275 g/mol. The summed E-state index contributed by atoms with van der Waals surface area (Å²) in [7, 11) is 0. The van der Waals surface area contributed by atoms with Crippen molar-refractivity contribution in [2.24, 2.45) is 0 Å². The summed E-state index contributed by atoms with van der Waals surface area (Å²) in [4.78, 5) is 24.4. The molecule has 0 aliphatic rings. The van der Waals surface area contributed by atoms with Crippen molar-refractivity contribution in [3.05, 3.63) is 21.9 Å². The highest BCUT2D eigenvalue weighted by atomic mass is 35.5. The molecule has 1 heterocycles. The Morgan fingerprint density at radius 2 is 2.06 bits per heavy atom. The second-order valence-electron chi connectivity index (χ2n) is 3.52. The van der Waals surface area contributed by atoms with Gasteiger partial charge in [0.25, 0.3) is 0 Å². The predicted molar refractivity (Wildman–Crippen MR) is 68.7 cm³/mol. The number of Topliss-reactive ketones (excluding diaryl/α,β-unsaturated/α-hetero) is 1. The maximum atomic E-state index is 11.2. The van der Waals surface area contributed by atoms with Crippen molar-refractivity contribution in [2.45, 2.75) is 26.2 Å². The molecule has 1 aromatic rings. The molecule has 0 aromatic carbocycles. The van der Waals surface area contributed by atoms with Gasteiger partial charge in [-0.2, -0.15) is 0 Å². The zero-order chi connectivity index (χ0) is 12.7. The normalized spacial score (nSPS) is 10.2. The summed E-state index contributed by atoms with van der Waals surface area (Å²) in [5.41, 5.74) is 0. The molecule has 0 aliphatic carbocycles. The molecule has 5 heteroatoms. The van der Waals surface area contributed by atoms with Gasteiger partial charge in [-0.05, 0) is 25.5 Å². The van der Waals surface area contributed by atoms with E-state index in [1.54, 1.807) is 18.3 Å². The van der Waals surface area contributed by atoms with E-state index in [0.717, 1.165) is 9.75 Å². The van der Waals surface area contributed by atoms with E-state index >= 15 is 0 Å². The van der Waals surface area contributed by atoms with Crippen LogP contribution in [0.15, 0.2) is 12.1 Å². The second-order valence-corrected chi connectivity index (χ2v) is 5.04. The Kier molecular flexibility index (Phi) is 6.22. The van der Waals surface area contributed by atoms with Crippen LogP contribution in [0.3, 0.4) is 0 Å². The molecular weight excluding hydrogens is 260 g/mol. The highest BCUT2D eigenvalue weighted by Gasteiger charge is 2.07. The highest BCUT2D eigenvalue weighted by Crippen LogP contribution is 2.19.